The lowest BCUT2D eigenvalue weighted by Gasteiger charge is -2.38. The van der Waals surface area contributed by atoms with Crippen molar-refractivity contribution in [2.75, 3.05) is 51.7 Å². The van der Waals surface area contributed by atoms with Crippen molar-refractivity contribution in [2.45, 2.75) is 73.7 Å². The maximum absolute atomic E-state index is 13.6. The molecule has 2 aliphatic heterocycles. The van der Waals surface area contributed by atoms with E-state index in [1.807, 2.05) is 27.7 Å². The molecular weight excluding hydrogens is 779 g/mol. The molecule has 1 fully saturated rings. The van der Waals surface area contributed by atoms with Crippen LogP contribution in [0.1, 0.15) is 70.2 Å². The molecule has 6 N–H and O–H groups in total. The van der Waals surface area contributed by atoms with E-state index in [1.165, 1.54) is 28.5 Å². The van der Waals surface area contributed by atoms with Gasteiger partial charge in [-0.2, -0.15) is 18.3 Å². The minimum Gasteiger partial charge on any atom is -0.504 e. The lowest BCUT2D eigenvalue weighted by molar-refractivity contribution is -0.137. The number of fused-ring (bicyclic) bond motifs is 1. The van der Waals surface area contributed by atoms with Crippen LogP contribution in [0.5, 0.6) is 0 Å². The van der Waals surface area contributed by atoms with E-state index >= 15 is 0 Å². The molecule has 0 bridgehead atoms. The summed E-state index contributed by atoms with van der Waals surface area (Å²) < 4.78 is 44.2. The molecule has 0 saturated carbocycles. The first kappa shape index (κ1) is 50.6. The van der Waals surface area contributed by atoms with Crippen LogP contribution in [0.3, 0.4) is 0 Å². The van der Waals surface area contributed by atoms with Gasteiger partial charge in [-0.3, -0.25) is 19.4 Å². The highest BCUT2D eigenvalue weighted by Crippen LogP contribution is 2.34. The highest BCUT2D eigenvalue weighted by Gasteiger charge is 2.33. The third-order valence-corrected chi connectivity index (χ3v) is 8.86. The smallest absolute Gasteiger partial charge is 0.416 e. The molecule has 58 heavy (non-hydrogen) atoms. The van der Waals surface area contributed by atoms with Gasteiger partial charge in [-0.15, -0.1) is 0 Å². The molecular formula is C40H57ClF3N9O5. The number of hydrazone groups is 1. The number of rotatable bonds is 12. The second kappa shape index (κ2) is 25.0. The maximum Gasteiger partial charge on any atom is 0.416 e. The van der Waals surface area contributed by atoms with E-state index in [2.05, 4.69) is 52.4 Å². The summed E-state index contributed by atoms with van der Waals surface area (Å²) in [5.74, 6) is -2.73. The highest BCUT2D eigenvalue weighted by molar-refractivity contribution is 6.33. The number of amides is 3. The van der Waals surface area contributed by atoms with Crippen molar-refractivity contribution in [2.24, 2.45) is 15.8 Å². The van der Waals surface area contributed by atoms with Crippen LogP contribution in [0.15, 0.2) is 69.3 Å². The monoisotopic (exact) mass is 835 g/mol. The van der Waals surface area contributed by atoms with Crippen LogP contribution in [-0.4, -0.2) is 103 Å². The van der Waals surface area contributed by atoms with E-state index in [0.717, 1.165) is 36.8 Å². The summed E-state index contributed by atoms with van der Waals surface area (Å²) in [5.41, 5.74) is 8.61. The lowest BCUT2D eigenvalue weighted by Crippen LogP contribution is -2.52. The Labute approximate surface area is 344 Å². The zero-order valence-corrected chi connectivity index (χ0v) is 35.1. The first-order valence-electron chi connectivity index (χ1n) is 18.8. The van der Waals surface area contributed by atoms with Gasteiger partial charge in [0.15, 0.2) is 5.76 Å². The summed E-state index contributed by atoms with van der Waals surface area (Å²) in [7, 11) is 1.62. The van der Waals surface area contributed by atoms with Crippen molar-refractivity contribution >= 4 is 54.2 Å². The minimum absolute atomic E-state index is 0.0836. The summed E-state index contributed by atoms with van der Waals surface area (Å²) in [4.78, 5) is 45.9. The Morgan fingerprint density at radius 2 is 1.69 bits per heavy atom. The molecule has 2 heterocycles. The average molecular weight is 836 g/mol. The molecule has 0 aromatic heterocycles. The number of benzene rings is 2. The van der Waals surface area contributed by atoms with Crippen LogP contribution in [0.25, 0.3) is 0 Å². The lowest BCUT2D eigenvalue weighted by atomic mass is 9.98. The van der Waals surface area contributed by atoms with Crippen molar-refractivity contribution in [3.63, 3.8) is 0 Å². The summed E-state index contributed by atoms with van der Waals surface area (Å²) >= 11 is 5.91. The summed E-state index contributed by atoms with van der Waals surface area (Å²) in [6.45, 7) is 20.3. The Morgan fingerprint density at radius 1 is 1.07 bits per heavy atom. The Hall–Kier alpha value is -5.42. The SMILES string of the molecule is C=NCc1cccc2c1COCC2.C=NN(CC(=O)Nc1ccc(C(F)(F)F)cc1Cl)C(=O)/C(=C(/CC)NC)N1CCN(C(=O)/C(N)=C(\O)C(C)=N)CC1.CC.CC. The fraction of sp³-hybridized carbons (Fsp3) is 0.450. The minimum atomic E-state index is -4.61. The van der Waals surface area contributed by atoms with Gasteiger partial charge in [0.1, 0.15) is 17.9 Å². The van der Waals surface area contributed by atoms with E-state index < -0.39 is 47.5 Å². The van der Waals surface area contributed by atoms with Gasteiger partial charge in [0.2, 0.25) is 5.91 Å². The topological polar surface area (TPSA) is 189 Å². The maximum atomic E-state index is 13.6. The normalized spacial score (nSPS) is 14.1. The van der Waals surface area contributed by atoms with Crippen molar-refractivity contribution in [1.82, 2.24) is 20.1 Å². The van der Waals surface area contributed by atoms with E-state index in [1.54, 1.807) is 18.9 Å². The number of nitrogens with one attached hydrogen (secondary N) is 3. The molecule has 0 aliphatic carbocycles. The molecule has 1 saturated heterocycles. The van der Waals surface area contributed by atoms with Gasteiger partial charge in [-0.1, -0.05) is 64.4 Å². The molecule has 3 amide bonds. The zero-order chi connectivity index (χ0) is 44.2. The summed E-state index contributed by atoms with van der Waals surface area (Å²) in [6, 6.07) is 8.80. The van der Waals surface area contributed by atoms with E-state index in [9.17, 15) is 32.7 Å². The van der Waals surface area contributed by atoms with Crippen molar-refractivity contribution in [1.29, 1.82) is 5.41 Å². The largest absolute Gasteiger partial charge is 0.504 e. The third kappa shape index (κ3) is 14.2. The van der Waals surface area contributed by atoms with Gasteiger partial charge < -0.3 is 41.4 Å². The number of carbonyl (C=O) groups excluding carboxylic acids is 3. The second-order valence-electron chi connectivity index (χ2n) is 12.1. The fourth-order valence-electron chi connectivity index (χ4n) is 5.68. The number of halogens is 4. The number of aliphatic imine (C=N–C) groups is 1. The Bertz CT molecular complexity index is 1800. The molecule has 18 heteroatoms. The molecule has 4 rings (SSSR count). The first-order chi connectivity index (χ1) is 27.6. The van der Waals surface area contributed by atoms with E-state index in [4.69, 9.17) is 27.5 Å². The van der Waals surface area contributed by atoms with Gasteiger partial charge in [0, 0.05) is 45.6 Å². The zero-order valence-electron chi connectivity index (χ0n) is 34.4. The van der Waals surface area contributed by atoms with E-state index in [0.29, 0.717) is 24.7 Å². The standard InChI is InChI=1S/C25H32ClF3N8O4.C11H13NO.2C2H6/c1-5-17(32-3)21(35-8-10-36(11-9-35)23(40)20(31)22(39)14(2)30)24(41)37(33-4)13-19(38)34-18-7-6-15(12-16(18)26)25(27,28)29;1-12-7-10-4-2-3-9-5-6-13-8-11(9)10;2*1-2/h6-7,12,30,32,39H,4-5,8-11,13,31H2,1-3H3,(H,34,38);2-4H,1,5-8H2;2*1-2H3/b21-17+,22-20+,30-14?;;;. The number of piperazine rings is 1. The van der Waals surface area contributed by atoms with Crippen LogP contribution in [0, 0.1) is 5.41 Å². The number of hydrogen-bond donors (Lipinski definition) is 5. The Morgan fingerprint density at radius 3 is 2.21 bits per heavy atom. The van der Waals surface area contributed by atoms with Gasteiger partial charge in [0.25, 0.3) is 11.8 Å². The number of hydrogen-bond acceptors (Lipinski definition) is 11. The van der Waals surface area contributed by atoms with Crippen molar-refractivity contribution in [3.8, 4) is 0 Å². The van der Waals surface area contributed by atoms with Gasteiger partial charge in [-0.25, -0.2) is 5.01 Å². The fourth-order valence-corrected chi connectivity index (χ4v) is 5.91. The summed E-state index contributed by atoms with van der Waals surface area (Å²) in [5, 5.41) is 26.8. The number of nitrogens with zero attached hydrogens (tertiary/aromatic N) is 5. The Kier molecular flexibility index (Phi) is 21.9. The van der Waals surface area contributed by atoms with Gasteiger partial charge in [-0.05, 0) is 61.4 Å². The molecule has 0 radical (unpaired) electrons. The first-order valence-corrected chi connectivity index (χ1v) is 19.2. The number of anilines is 1. The molecule has 320 valence electrons. The van der Waals surface area contributed by atoms with Crippen LogP contribution >= 0.6 is 11.6 Å². The summed E-state index contributed by atoms with van der Waals surface area (Å²) in [6.07, 6.45) is -3.18. The van der Waals surface area contributed by atoms with Crippen molar-refractivity contribution in [3.05, 3.63) is 86.5 Å². The number of allylic oxidation sites excluding steroid dienone is 2. The number of aliphatic hydroxyl groups excluding tert-OH is 1. The molecule has 2 aromatic rings. The molecule has 0 atom stereocenters. The molecule has 0 spiro atoms. The molecule has 2 aliphatic rings. The Balaban J connectivity index is 0.000000817. The number of alkyl halides is 3. The second-order valence-corrected chi connectivity index (χ2v) is 12.5. The van der Waals surface area contributed by atoms with Crippen LogP contribution in [0.4, 0.5) is 18.9 Å². The predicted molar refractivity (Wildman–Crippen MR) is 224 cm³/mol. The van der Waals surface area contributed by atoms with E-state index in [-0.39, 0.29) is 48.3 Å². The average Bonchev–Trinajstić information content (AvgIpc) is 3.23. The van der Waals surface area contributed by atoms with Crippen molar-refractivity contribution < 1.29 is 37.4 Å². The van der Waals surface area contributed by atoms with Gasteiger partial charge in [0.05, 0.1) is 41.7 Å². The molecule has 2 aromatic carbocycles. The molecule has 14 nitrogen and oxygen atoms in total. The molecule has 0 unspecified atom stereocenters. The van der Waals surface area contributed by atoms with Gasteiger partial charge >= 0.3 is 6.18 Å². The van der Waals surface area contributed by atoms with Crippen LogP contribution < -0.4 is 16.4 Å². The van der Waals surface area contributed by atoms with Crippen LogP contribution in [-0.2, 0) is 44.9 Å². The number of nitrogens with two attached hydrogens (primary N) is 1. The quantitative estimate of drug-likeness (QED) is 0.0693. The number of aliphatic hydroxyl groups is 1. The number of ether oxygens (including phenoxy) is 1. The third-order valence-electron chi connectivity index (χ3n) is 8.55. The number of carbonyl (C=O) groups is 3. The predicted octanol–water partition coefficient (Wildman–Crippen LogP) is 6.51. The highest BCUT2D eigenvalue weighted by atomic mass is 35.5. The van der Waals surface area contributed by atoms with Crippen LogP contribution in [0.2, 0.25) is 5.02 Å².